The number of amides is 1. The lowest BCUT2D eigenvalue weighted by Crippen LogP contribution is -2.35. The molecule has 0 unspecified atom stereocenters. The van der Waals surface area contributed by atoms with Gasteiger partial charge >= 0.3 is 12.1 Å². The molecule has 1 aliphatic heterocycles. The number of nitrogens with zero attached hydrogens (tertiary/aromatic N) is 3. The van der Waals surface area contributed by atoms with Crippen molar-refractivity contribution in [3.8, 4) is 0 Å². The minimum Gasteiger partial charge on any atom is -0.478 e. The number of carboxylic acids is 1. The van der Waals surface area contributed by atoms with Gasteiger partial charge in [0, 0.05) is 36.8 Å². The van der Waals surface area contributed by atoms with Crippen molar-refractivity contribution in [3.63, 3.8) is 0 Å². The van der Waals surface area contributed by atoms with Crippen LogP contribution in [0.3, 0.4) is 0 Å². The van der Waals surface area contributed by atoms with Crippen LogP contribution in [-0.2, 0) is 27.2 Å². The summed E-state index contributed by atoms with van der Waals surface area (Å²) in [6, 6.07) is 4.74. The van der Waals surface area contributed by atoms with Gasteiger partial charge in [0.25, 0.3) is 0 Å². The Labute approximate surface area is 231 Å². The van der Waals surface area contributed by atoms with Gasteiger partial charge in [-0.05, 0) is 94.6 Å². The topological polar surface area (TPSA) is 93.9 Å². The van der Waals surface area contributed by atoms with Crippen molar-refractivity contribution in [1.82, 2.24) is 14.5 Å². The van der Waals surface area contributed by atoms with E-state index in [1.165, 1.54) is 25.5 Å². The number of methoxy groups -OCH3 is 2. The van der Waals surface area contributed by atoms with Crippen molar-refractivity contribution in [3.05, 3.63) is 41.2 Å². The lowest BCUT2D eigenvalue weighted by atomic mass is 9.78. The number of aromatic nitrogens is 2. The van der Waals surface area contributed by atoms with Crippen LogP contribution in [0.5, 0.6) is 0 Å². The predicted octanol–water partition coefficient (Wildman–Crippen LogP) is 6.23. The van der Waals surface area contributed by atoms with Crippen LogP contribution in [0.1, 0.15) is 93.6 Å². The molecule has 1 aromatic carbocycles. The van der Waals surface area contributed by atoms with Crippen molar-refractivity contribution >= 4 is 23.1 Å². The highest BCUT2D eigenvalue weighted by atomic mass is 16.5. The fourth-order valence-electron chi connectivity index (χ4n) is 7.31. The number of imidazole rings is 1. The first-order valence-corrected chi connectivity index (χ1v) is 14.6. The van der Waals surface area contributed by atoms with E-state index < -0.39 is 5.97 Å². The maximum absolute atomic E-state index is 12.4. The molecule has 8 nitrogen and oxygen atoms in total. The summed E-state index contributed by atoms with van der Waals surface area (Å²) in [5.74, 6) is 1.21. The van der Waals surface area contributed by atoms with Crippen LogP contribution in [0.4, 0.5) is 4.79 Å². The quantitative estimate of drug-likeness (QED) is 0.421. The Hall–Kier alpha value is -2.87. The molecule has 3 aliphatic rings. The van der Waals surface area contributed by atoms with Crippen LogP contribution >= 0.6 is 0 Å². The zero-order valence-corrected chi connectivity index (χ0v) is 23.7. The molecule has 0 radical (unpaired) electrons. The number of benzene rings is 1. The Morgan fingerprint density at radius 1 is 1.10 bits per heavy atom. The van der Waals surface area contributed by atoms with E-state index in [1.807, 2.05) is 7.11 Å². The zero-order chi connectivity index (χ0) is 27.7. The van der Waals surface area contributed by atoms with Gasteiger partial charge in [0.05, 0.1) is 30.8 Å². The highest BCUT2D eigenvalue weighted by Crippen LogP contribution is 2.42. The third-order valence-electron chi connectivity index (χ3n) is 9.63. The van der Waals surface area contributed by atoms with Crippen molar-refractivity contribution in [2.75, 3.05) is 20.8 Å². The van der Waals surface area contributed by atoms with E-state index in [-0.39, 0.29) is 17.9 Å². The maximum atomic E-state index is 12.4. The number of carboxylic acid groups (broad SMARTS) is 1. The first-order valence-electron chi connectivity index (χ1n) is 14.6. The van der Waals surface area contributed by atoms with Crippen LogP contribution in [0.15, 0.2) is 24.3 Å². The van der Waals surface area contributed by atoms with Gasteiger partial charge in [0.1, 0.15) is 5.82 Å². The number of aliphatic carboxylic acids is 1. The molecule has 1 atom stereocenters. The second-order valence-corrected chi connectivity index (χ2v) is 11.9. The molecule has 5 rings (SSSR count). The van der Waals surface area contributed by atoms with E-state index in [0.29, 0.717) is 36.7 Å². The van der Waals surface area contributed by atoms with Crippen molar-refractivity contribution in [2.24, 2.45) is 11.8 Å². The minimum atomic E-state index is -0.885. The summed E-state index contributed by atoms with van der Waals surface area (Å²) < 4.78 is 13.1. The van der Waals surface area contributed by atoms with Gasteiger partial charge in [-0.15, -0.1) is 0 Å². The summed E-state index contributed by atoms with van der Waals surface area (Å²) in [4.78, 5) is 31.0. The summed E-state index contributed by atoms with van der Waals surface area (Å²) in [5.41, 5.74) is 4.86. The fourth-order valence-corrected chi connectivity index (χ4v) is 7.31. The summed E-state index contributed by atoms with van der Waals surface area (Å²) in [6.45, 7) is 7.32. The van der Waals surface area contributed by atoms with E-state index >= 15 is 0 Å². The molecular weight excluding hydrogens is 494 g/mol. The molecule has 0 spiro atoms. The Bertz CT molecular complexity index is 1220. The average molecular weight is 538 g/mol. The van der Waals surface area contributed by atoms with Gasteiger partial charge in [-0.25, -0.2) is 14.6 Å². The Morgan fingerprint density at radius 3 is 2.46 bits per heavy atom. The molecule has 2 aromatic rings. The number of carbonyl (C=O) groups excluding carboxylic acids is 1. The molecule has 39 heavy (non-hydrogen) atoms. The molecular formula is C31H43N3O5. The van der Waals surface area contributed by atoms with Crippen LogP contribution in [0.25, 0.3) is 11.0 Å². The molecule has 0 bridgehead atoms. The highest BCUT2D eigenvalue weighted by Gasteiger charge is 2.33. The molecule has 2 saturated carbocycles. The molecule has 2 aliphatic carbocycles. The molecule has 0 saturated heterocycles. The third kappa shape index (κ3) is 5.58. The molecule has 2 fully saturated rings. The second-order valence-electron chi connectivity index (χ2n) is 11.9. The van der Waals surface area contributed by atoms with Gasteiger partial charge in [-0.3, -0.25) is 0 Å². The molecule has 212 valence electrons. The minimum absolute atomic E-state index is 0.0337. The molecule has 2 heterocycles. The standard InChI is InChI=1S/C31H43N3O5/c1-19(17-21-5-12-25(38-3)13-6-21)34-27-14-11-23-15-16-33(31(37)39-4)18-26(23)28(27)32-29(34)24-9-7-22(8-10-24)20(2)30(35)36/h11,14,19,21-22,24-25H,2,5-10,12-13,15-18H2,1,3-4H3,(H,35,36)/t19-,21?,22?,24?,25?/m1/s1. The van der Waals surface area contributed by atoms with Gasteiger partial charge in [0.15, 0.2) is 0 Å². The molecule has 1 N–H and O–H groups in total. The fraction of sp³-hybridized carbons (Fsp3) is 0.645. The van der Waals surface area contributed by atoms with Crippen LogP contribution in [0, 0.1) is 11.8 Å². The number of rotatable bonds is 7. The number of ether oxygens (including phenoxy) is 2. The number of carbonyl (C=O) groups is 2. The Morgan fingerprint density at radius 2 is 1.82 bits per heavy atom. The summed E-state index contributed by atoms with van der Waals surface area (Å²) in [5, 5.41) is 9.45. The van der Waals surface area contributed by atoms with Crippen molar-refractivity contribution in [1.29, 1.82) is 0 Å². The first kappa shape index (κ1) is 27.7. The lowest BCUT2D eigenvalue weighted by molar-refractivity contribution is -0.133. The molecule has 8 heteroatoms. The van der Waals surface area contributed by atoms with Crippen LogP contribution < -0.4 is 0 Å². The average Bonchev–Trinajstić information content (AvgIpc) is 3.37. The maximum Gasteiger partial charge on any atom is 0.409 e. The van der Waals surface area contributed by atoms with E-state index in [2.05, 4.69) is 30.2 Å². The van der Waals surface area contributed by atoms with Crippen molar-refractivity contribution in [2.45, 2.75) is 95.7 Å². The predicted molar refractivity (Wildman–Crippen MR) is 150 cm³/mol. The second kappa shape index (κ2) is 11.7. The van der Waals surface area contributed by atoms with E-state index in [4.69, 9.17) is 14.5 Å². The van der Waals surface area contributed by atoms with Crippen LogP contribution in [0.2, 0.25) is 0 Å². The van der Waals surface area contributed by atoms with Gasteiger partial charge in [-0.1, -0.05) is 12.6 Å². The first-order chi connectivity index (χ1) is 18.8. The van der Waals surface area contributed by atoms with Gasteiger partial charge < -0.3 is 24.0 Å². The smallest absolute Gasteiger partial charge is 0.409 e. The van der Waals surface area contributed by atoms with E-state index in [9.17, 15) is 14.7 Å². The van der Waals surface area contributed by atoms with E-state index in [0.717, 1.165) is 73.8 Å². The number of hydrogen-bond acceptors (Lipinski definition) is 5. The Kier molecular flexibility index (Phi) is 8.31. The normalized spacial score (nSPS) is 26.2. The van der Waals surface area contributed by atoms with E-state index in [1.54, 1.807) is 4.90 Å². The summed E-state index contributed by atoms with van der Waals surface area (Å²) >= 11 is 0. The lowest BCUT2D eigenvalue weighted by Gasteiger charge is -2.32. The van der Waals surface area contributed by atoms with Crippen molar-refractivity contribution < 1.29 is 24.2 Å². The Balaban J connectivity index is 1.47. The largest absolute Gasteiger partial charge is 0.478 e. The third-order valence-corrected chi connectivity index (χ3v) is 9.63. The number of hydrogen-bond donors (Lipinski definition) is 1. The van der Waals surface area contributed by atoms with Gasteiger partial charge in [-0.2, -0.15) is 0 Å². The monoisotopic (exact) mass is 537 g/mol. The summed E-state index contributed by atoms with van der Waals surface area (Å²) in [7, 11) is 3.25. The summed E-state index contributed by atoms with van der Waals surface area (Å²) in [6.07, 6.45) is 10.1. The van der Waals surface area contributed by atoms with Crippen LogP contribution in [-0.4, -0.2) is 58.5 Å². The highest BCUT2D eigenvalue weighted by molar-refractivity contribution is 5.86. The van der Waals surface area contributed by atoms with Gasteiger partial charge in [0.2, 0.25) is 0 Å². The SMILES string of the molecule is C=C(C(=O)O)C1CCC(c2nc3c4c(ccc3n2[C@H](C)CC2CCC(OC)CC2)CCN(C(=O)OC)C4)CC1. The molecule has 1 aromatic heterocycles. The number of fused-ring (bicyclic) bond motifs is 3. The zero-order valence-electron chi connectivity index (χ0n) is 23.7. The molecule has 1 amide bonds.